The van der Waals surface area contributed by atoms with Crippen LogP contribution in [0.15, 0.2) is 29.3 Å². The van der Waals surface area contributed by atoms with Gasteiger partial charge in [-0.2, -0.15) is 0 Å². The van der Waals surface area contributed by atoms with E-state index in [0.717, 1.165) is 11.3 Å². The largest absolute Gasteiger partial charge is 0.491 e. The first kappa shape index (κ1) is 13.2. The SMILES string of the molecule is COC(=O)C=NCc1ccc(OC(C)C)cc1. The fourth-order valence-corrected chi connectivity index (χ4v) is 1.22. The lowest BCUT2D eigenvalue weighted by Crippen LogP contribution is -2.05. The van der Waals surface area contributed by atoms with Gasteiger partial charge in [-0.1, -0.05) is 12.1 Å². The number of aliphatic imine (C=N–C) groups is 1. The van der Waals surface area contributed by atoms with Gasteiger partial charge in [-0.25, -0.2) is 4.79 Å². The zero-order valence-electron chi connectivity index (χ0n) is 10.3. The van der Waals surface area contributed by atoms with Crippen molar-refractivity contribution in [2.24, 2.45) is 4.99 Å². The summed E-state index contributed by atoms with van der Waals surface area (Å²) in [5.74, 6) is 0.394. The van der Waals surface area contributed by atoms with Crippen LogP contribution in [0.25, 0.3) is 0 Å². The van der Waals surface area contributed by atoms with Gasteiger partial charge < -0.3 is 9.47 Å². The lowest BCUT2D eigenvalue weighted by atomic mass is 10.2. The van der Waals surface area contributed by atoms with Crippen molar-refractivity contribution in [3.63, 3.8) is 0 Å². The van der Waals surface area contributed by atoms with E-state index in [2.05, 4.69) is 9.73 Å². The number of benzene rings is 1. The van der Waals surface area contributed by atoms with Crippen LogP contribution in [0.3, 0.4) is 0 Å². The minimum absolute atomic E-state index is 0.165. The van der Waals surface area contributed by atoms with Gasteiger partial charge in [0.25, 0.3) is 0 Å². The van der Waals surface area contributed by atoms with Crippen LogP contribution in [0.4, 0.5) is 0 Å². The van der Waals surface area contributed by atoms with E-state index in [9.17, 15) is 4.79 Å². The number of hydrogen-bond acceptors (Lipinski definition) is 4. The standard InChI is InChI=1S/C13H17NO3/c1-10(2)17-12-6-4-11(5-7-12)8-14-9-13(15)16-3/h4-7,9-10H,8H2,1-3H3. The summed E-state index contributed by atoms with van der Waals surface area (Å²) < 4.78 is 9.96. The Kier molecular flexibility index (Phi) is 5.20. The summed E-state index contributed by atoms with van der Waals surface area (Å²) in [6.07, 6.45) is 1.34. The molecule has 0 aliphatic heterocycles. The summed E-state index contributed by atoms with van der Waals surface area (Å²) in [5.41, 5.74) is 1.02. The normalized spacial score (nSPS) is 10.8. The molecular weight excluding hydrogens is 218 g/mol. The highest BCUT2D eigenvalue weighted by Gasteiger charge is 1.98. The highest BCUT2D eigenvalue weighted by atomic mass is 16.5. The van der Waals surface area contributed by atoms with Crippen molar-refractivity contribution >= 4 is 12.2 Å². The second-order valence-electron chi connectivity index (χ2n) is 3.80. The fraction of sp³-hybridized carbons (Fsp3) is 0.385. The Labute approximate surface area is 101 Å². The van der Waals surface area contributed by atoms with E-state index in [1.807, 2.05) is 38.1 Å². The van der Waals surface area contributed by atoms with Crippen molar-refractivity contribution in [3.8, 4) is 5.75 Å². The maximum absolute atomic E-state index is 10.8. The van der Waals surface area contributed by atoms with E-state index in [4.69, 9.17) is 4.74 Å². The maximum Gasteiger partial charge on any atom is 0.348 e. The summed E-state index contributed by atoms with van der Waals surface area (Å²) in [6.45, 7) is 4.42. The molecule has 0 unspecified atom stereocenters. The second-order valence-corrected chi connectivity index (χ2v) is 3.80. The highest BCUT2D eigenvalue weighted by molar-refractivity contribution is 6.23. The van der Waals surface area contributed by atoms with Gasteiger partial charge in [0.15, 0.2) is 0 Å². The van der Waals surface area contributed by atoms with E-state index in [1.165, 1.54) is 13.3 Å². The average Bonchev–Trinajstić information content (AvgIpc) is 2.30. The van der Waals surface area contributed by atoms with Gasteiger partial charge in [0.1, 0.15) is 12.0 Å². The zero-order valence-corrected chi connectivity index (χ0v) is 10.3. The van der Waals surface area contributed by atoms with Crippen LogP contribution in [0.1, 0.15) is 19.4 Å². The summed E-state index contributed by atoms with van der Waals surface area (Å²) in [5, 5.41) is 0. The van der Waals surface area contributed by atoms with E-state index in [1.54, 1.807) is 0 Å². The van der Waals surface area contributed by atoms with Crippen molar-refractivity contribution in [3.05, 3.63) is 29.8 Å². The molecule has 0 fully saturated rings. The molecule has 0 aliphatic rings. The molecule has 92 valence electrons. The number of carbonyl (C=O) groups excluding carboxylic acids is 1. The Hall–Kier alpha value is -1.84. The van der Waals surface area contributed by atoms with Crippen molar-refractivity contribution in [1.29, 1.82) is 0 Å². The molecule has 0 atom stereocenters. The molecule has 0 aliphatic carbocycles. The maximum atomic E-state index is 10.8. The van der Waals surface area contributed by atoms with Gasteiger partial charge >= 0.3 is 5.97 Å². The predicted molar refractivity (Wildman–Crippen MR) is 66.4 cm³/mol. The van der Waals surface area contributed by atoms with Gasteiger partial charge in [-0.05, 0) is 31.5 Å². The molecule has 1 rings (SSSR count). The van der Waals surface area contributed by atoms with Gasteiger partial charge in [0.2, 0.25) is 0 Å². The van der Waals surface area contributed by atoms with E-state index >= 15 is 0 Å². The summed E-state index contributed by atoms with van der Waals surface area (Å²) in [7, 11) is 1.33. The molecule has 4 heteroatoms. The van der Waals surface area contributed by atoms with Crippen molar-refractivity contribution in [2.75, 3.05) is 7.11 Å². The topological polar surface area (TPSA) is 47.9 Å². The number of ether oxygens (including phenoxy) is 2. The number of hydrogen-bond donors (Lipinski definition) is 0. The first-order valence-corrected chi connectivity index (χ1v) is 5.45. The second kappa shape index (κ2) is 6.68. The van der Waals surface area contributed by atoms with E-state index in [0.29, 0.717) is 6.54 Å². The molecule has 4 nitrogen and oxygen atoms in total. The van der Waals surface area contributed by atoms with Crippen LogP contribution in [0, 0.1) is 0 Å². The molecule has 0 bridgehead atoms. The molecule has 0 aromatic heterocycles. The smallest absolute Gasteiger partial charge is 0.348 e. The average molecular weight is 235 g/mol. The molecule has 17 heavy (non-hydrogen) atoms. The highest BCUT2D eigenvalue weighted by Crippen LogP contribution is 2.14. The Balaban J connectivity index is 2.51. The first-order valence-electron chi connectivity index (χ1n) is 5.45. The van der Waals surface area contributed by atoms with Crippen molar-refractivity contribution in [1.82, 2.24) is 0 Å². The van der Waals surface area contributed by atoms with Crippen molar-refractivity contribution in [2.45, 2.75) is 26.5 Å². The lowest BCUT2D eigenvalue weighted by molar-refractivity contribution is -0.132. The minimum Gasteiger partial charge on any atom is -0.491 e. The molecule has 0 heterocycles. The molecule has 0 saturated carbocycles. The molecular formula is C13H17NO3. The molecule has 1 aromatic rings. The molecule has 0 radical (unpaired) electrons. The summed E-state index contributed by atoms with van der Waals surface area (Å²) in [4.78, 5) is 14.7. The van der Waals surface area contributed by atoms with Crippen LogP contribution < -0.4 is 4.74 Å². The van der Waals surface area contributed by atoms with Gasteiger partial charge in [-0.15, -0.1) is 0 Å². The first-order chi connectivity index (χ1) is 8.11. The van der Waals surface area contributed by atoms with Crippen LogP contribution in [0.5, 0.6) is 5.75 Å². The molecule has 0 N–H and O–H groups in total. The third kappa shape index (κ3) is 5.15. The quantitative estimate of drug-likeness (QED) is 0.580. The monoisotopic (exact) mass is 235 g/mol. The fourth-order valence-electron chi connectivity index (χ4n) is 1.22. The third-order valence-corrected chi connectivity index (χ3v) is 1.97. The zero-order chi connectivity index (χ0) is 12.7. The van der Waals surface area contributed by atoms with E-state index < -0.39 is 5.97 Å². The number of nitrogens with zero attached hydrogens (tertiary/aromatic N) is 1. The molecule has 0 amide bonds. The third-order valence-electron chi connectivity index (χ3n) is 1.97. The minimum atomic E-state index is -0.440. The lowest BCUT2D eigenvalue weighted by Gasteiger charge is -2.09. The Morgan fingerprint density at radius 1 is 1.35 bits per heavy atom. The molecule has 0 spiro atoms. The van der Waals surface area contributed by atoms with Crippen LogP contribution in [-0.2, 0) is 16.1 Å². The molecule has 1 aromatic carbocycles. The number of esters is 1. The number of rotatable bonds is 5. The van der Waals surface area contributed by atoms with Gasteiger partial charge in [0, 0.05) is 0 Å². The Morgan fingerprint density at radius 3 is 2.53 bits per heavy atom. The van der Waals surface area contributed by atoms with Gasteiger partial charge in [-0.3, -0.25) is 4.99 Å². The van der Waals surface area contributed by atoms with Crippen LogP contribution in [-0.4, -0.2) is 25.4 Å². The van der Waals surface area contributed by atoms with E-state index in [-0.39, 0.29) is 6.10 Å². The van der Waals surface area contributed by atoms with Crippen LogP contribution in [0.2, 0.25) is 0 Å². The van der Waals surface area contributed by atoms with Crippen LogP contribution >= 0.6 is 0 Å². The predicted octanol–water partition coefficient (Wildman–Crippen LogP) is 2.22. The summed E-state index contributed by atoms with van der Waals surface area (Å²) >= 11 is 0. The van der Waals surface area contributed by atoms with Gasteiger partial charge in [0.05, 0.1) is 19.8 Å². The number of carbonyl (C=O) groups is 1. The Morgan fingerprint density at radius 2 is 2.00 bits per heavy atom. The van der Waals surface area contributed by atoms with Crippen molar-refractivity contribution < 1.29 is 14.3 Å². The molecule has 0 saturated heterocycles. The summed E-state index contributed by atoms with van der Waals surface area (Å²) in [6, 6.07) is 7.63. The Bertz CT molecular complexity index is 382. The number of methoxy groups -OCH3 is 1.